The third kappa shape index (κ3) is 6.33. The summed E-state index contributed by atoms with van der Waals surface area (Å²) >= 11 is 25.4. The molecule has 1 unspecified atom stereocenters. The van der Waals surface area contributed by atoms with Crippen molar-refractivity contribution in [2.45, 2.75) is 24.7 Å². The highest BCUT2D eigenvalue weighted by atomic mass is 35.5. The quantitative estimate of drug-likeness (QED) is 0.239. The third-order valence-corrected chi connectivity index (χ3v) is 6.22. The molecule has 1 heterocycles. The van der Waals surface area contributed by atoms with Crippen LogP contribution in [0.15, 0.2) is 54.2 Å². The summed E-state index contributed by atoms with van der Waals surface area (Å²) in [6.07, 6.45) is 1.25. The number of hydrogen-bond acceptors (Lipinski definition) is 5. The number of hydrogen-bond donors (Lipinski definition) is 1. The van der Waals surface area contributed by atoms with Crippen molar-refractivity contribution in [2.75, 3.05) is 11.1 Å². The number of carbonyl (C=O) groups excluding carboxylic acids is 1. The summed E-state index contributed by atoms with van der Waals surface area (Å²) in [5.74, 6) is 0.877. The topological polar surface area (TPSA) is 69.0 Å². The smallest absolute Gasteiger partial charge is 0.234 e. The zero-order chi connectivity index (χ0) is 23.3. The summed E-state index contributed by atoms with van der Waals surface area (Å²) in [5.41, 5.74) is 0.444. The Morgan fingerprint density at radius 3 is 2.59 bits per heavy atom. The van der Waals surface area contributed by atoms with E-state index in [-0.39, 0.29) is 11.7 Å². The van der Waals surface area contributed by atoms with E-state index in [2.05, 4.69) is 22.1 Å². The number of amides is 1. The van der Waals surface area contributed by atoms with Gasteiger partial charge in [-0.15, -0.1) is 16.8 Å². The molecular weight excluding hydrogens is 514 g/mol. The molecule has 3 rings (SSSR count). The van der Waals surface area contributed by atoms with Gasteiger partial charge in [0.25, 0.3) is 0 Å². The number of benzene rings is 2. The Morgan fingerprint density at radius 1 is 1.16 bits per heavy atom. The van der Waals surface area contributed by atoms with Gasteiger partial charge in [0, 0.05) is 16.6 Å². The molecule has 1 atom stereocenters. The molecule has 0 bridgehead atoms. The van der Waals surface area contributed by atoms with Crippen LogP contribution in [0.5, 0.6) is 5.75 Å². The van der Waals surface area contributed by atoms with E-state index in [4.69, 9.17) is 51.1 Å². The molecule has 0 saturated heterocycles. The van der Waals surface area contributed by atoms with Crippen LogP contribution in [0.25, 0.3) is 0 Å². The van der Waals surface area contributed by atoms with Gasteiger partial charge < -0.3 is 10.1 Å². The van der Waals surface area contributed by atoms with Crippen LogP contribution < -0.4 is 10.1 Å². The highest BCUT2D eigenvalue weighted by Gasteiger charge is 2.21. The van der Waals surface area contributed by atoms with E-state index in [1.54, 1.807) is 42.5 Å². The molecule has 6 nitrogen and oxygen atoms in total. The Labute approximate surface area is 209 Å². The molecule has 168 valence electrons. The van der Waals surface area contributed by atoms with Crippen LogP contribution >= 0.6 is 58.2 Å². The number of ether oxygens (including phenoxy) is 1. The minimum Gasteiger partial charge on any atom is -0.481 e. The lowest BCUT2D eigenvalue weighted by atomic mass is 10.3. The molecule has 0 saturated carbocycles. The maximum absolute atomic E-state index is 12.4. The van der Waals surface area contributed by atoms with E-state index in [0.717, 1.165) is 0 Å². The van der Waals surface area contributed by atoms with Gasteiger partial charge >= 0.3 is 0 Å². The van der Waals surface area contributed by atoms with Crippen molar-refractivity contribution >= 4 is 69.8 Å². The van der Waals surface area contributed by atoms with Crippen LogP contribution in [-0.2, 0) is 11.3 Å². The van der Waals surface area contributed by atoms with E-state index in [9.17, 15) is 4.79 Å². The molecule has 1 amide bonds. The van der Waals surface area contributed by atoms with Gasteiger partial charge in [-0.3, -0.25) is 9.36 Å². The second-order valence-corrected chi connectivity index (χ2v) is 9.17. The molecule has 0 aliphatic carbocycles. The summed E-state index contributed by atoms with van der Waals surface area (Å²) in [7, 11) is 0. The molecule has 2 aromatic carbocycles. The average Bonchev–Trinajstić information content (AvgIpc) is 3.14. The number of nitrogens with one attached hydrogen (secondary N) is 1. The molecule has 3 aromatic rings. The molecule has 32 heavy (non-hydrogen) atoms. The SMILES string of the molecule is C=CCn1c(SCC(=O)Nc2cc(Cl)ccc2Cl)nnc1C(C)Oc1ccc(Cl)cc1Cl. The number of carbonyl (C=O) groups is 1. The van der Waals surface area contributed by atoms with E-state index in [1.807, 2.05) is 11.5 Å². The molecule has 0 fully saturated rings. The van der Waals surface area contributed by atoms with Crippen LogP contribution in [0.2, 0.25) is 20.1 Å². The first-order chi connectivity index (χ1) is 15.3. The normalized spacial score (nSPS) is 11.8. The maximum Gasteiger partial charge on any atom is 0.234 e. The van der Waals surface area contributed by atoms with Gasteiger partial charge in [-0.05, 0) is 43.3 Å². The molecule has 1 aromatic heterocycles. The van der Waals surface area contributed by atoms with E-state index < -0.39 is 6.10 Å². The fourth-order valence-corrected chi connectivity index (χ4v) is 4.28. The third-order valence-electron chi connectivity index (χ3n) is 4.15. The summed E-state index contributed by atoms with van der Waals surface area (Å²) in [6, 6.07) is 9.84. The Morgan fingerprint density at radius 2 is 1.88 bits per heavy atom. The highest BCUT2D eigenvalue weighted by molar-refractivity contribution is 7.99. The highest BCUT2D eigenvalue weighted by Crippen LogP contribution is 2.32. The molecule has 0 radical (unpaired) electrons. The van der Waals surface area contributed by atoms with Gasteiger partial charge in [-0.2, -0.15) is 0 Å². The first-order valence-corrected chi connectivity index (χ1v) is 11.8. The number of rotatable bonds is 9. The second-order valence-electron chi connectivity index (χ2n) is 6.54. The van der Waals surface area contributed by atoms with Crippen LogP contribution in [0.4, 0.5) is 5.69 Å². The Hall–Kier alpha value is -1.90. The summed E-state index contributed by atoms with van der Waals surface area (Å²) < 4.78 is 7.78. The van der Waals surface area contributed by atoms with Crippen LogP contribution in [-0.4, -0.2) is 26.4 Å². The number of aromatic nitrogens is 3. The van der Waals surface area contributed by atoms with E-state index in [1.165, 1.54) is 11.8 Å². The monoisotopic (exact) mass is 530 g/mol. The fourth-order valence-electron chi connectivity index (χ4n) is 2.73. The lowest BCUT2D eigenvalue weighted by Gasteiger charge is -2.16. The minimum atomic E-state index is -0.463. The maximum atomic E-state index is 12.4. The minimum absolute atomic E-state index is 0.0936. The van der Waals surface area contributed by atoms with Gasteiger partial charge in [-0.1, -0.05) is 64.2 Å². The second kappa shape index (κ2) is 11.3. The number of thioether (sulfide) groups is 1. The summed E-state index contributed by atoms with van der Waals surface area (Å²) in [4.78, 5) is 12.4. The molecule has 0 aliphatic heterocycles. The zero-order valence-corrected chi connectivity index (χ0v) is 20.7. The van der Waals surface area contributed by atoms with Crippen LogP contribution in [0.1, 0.15) is 18.9 Å². The summed E-state index contributed by atoms with van der Waals surface area (Å²) in [5, 5.41) is 13.5. The lowest BCUT2D eigenvalue weighted by molar-refractivity contribution is -0.113. The van der Waals surface area contributed by atoms with Gasteiger partial charge in [0.2, 0.25) is 5.91 Å². The number of anilines is 1. The molecule has 0 spiro atoms. The van der Waals surface area contributed by atoms with Gasteiger partial charge in [0.15, 0.2) is 17.1 Å². The standard InChI is InChI=1S/C21H18Cl4N4O2S/c1-3-8-29-20(12(2)31-18-7-5-13(22)9-16(18)25)27-28-21(29)32-11-19(30)26-17-10-14(23)4-6-15(17)24/h3-7,9-10,12H,1,8,11H2,2H3,(H,26,30). The van der Waals surface area contributed by atoms with Crippen LogP contribution in [0, 0.1) is 0 Å². The van der Waals surface area contributed by atoms with Crippen LogP contribution in [0.3, 0.4) is 0 Å². The predicted octanol–water partition coefficient (Wildman–Crippen LogP) is 6.95. The van der Waals surface area contributed by atoms with E-state index in [0.29, 0.717) is 49.1 Å². The van der Waals surface area contributed by atoms with E-state index >= 15 is 0 Å². The zero-order valence-electron chi connectivity index (χ0n) is 16.8. The Kier molecular flexibility index (Phi) is 8.73. The van der Waals surface area contributed by atoms with Crippen molar-refractivity contribution in [3.05, 3.63) is 75.0 Å². The van der Waals surface area contributed by atoms with Gasteiger partial charge in [-0.25, -0.2) is 0 Å². The molecule has 0 aliphatic rings. The summed E-state index contributed by atoms with van der Waals surface area (Å²) in [6.45, 7) is 6.05. The number of halogens is 4. The fraction of sp³-hybridized carbons (Fsp3) is 0.190. The molecule has 1 N–H and O–H groups in total. The Balaban J connectivity index is 1.70. The molecular formula is C21H18Cl4N4O2S. The van der Waals surface area contributed by atoms with Gasteiger partial charge in [0.05, 0.1) is 21.5 Å². The Bertz CT molecular complexity index is 1140. The van der Waals surface area contributed by atoms with Crippen molar-refractivity contribution < 1.29 is 9.53 Å². The lowest BCUT2D eigenvalue weighted by Crippen LogP contribution is -2.16. The molecule has 11 heteroatoms. The first kappa shape index (κ1) is 24.7. The largest absolute Gasteiger partial charge is 0.481 e. The number of nitrogens with zero attached hydrogens (tertiary/aromatic N) is 3. The predicted molar refractivity (Wildman–Crippen MR) is 132 cm³/mol. The average molecular weight is 532 g/mol. The van der Waals surface area contributed by atoms with Crippen molar-refractivity contribution in [3.63, 3.8) is 0 Å². The number of allylic oxidation sites excluding steroid dienone is 1. The first-order valence-electron chi connectivity index (χ1n) is 9.32. The van der Waals surface area contributed by atoms with Gasteiger partial charge in [0.1, 0.15) is 5.75 Å². The van der Waals surface area contributed by atoms with Crippen molar-refractivity contribution in [1.29, 1.82) is 0 Å². The van der Waals surface area contributed by atoms with Crippen molar-refractivity contribution in [1.82, 2.24) is 14.8 Å². The van der Waals surface area contributed by atoms with Crippen molar-refractivity contribution in [3.8, 4) is 5.75 Å². The van der Waals surface area contributed by atoms with Crippen molar-refractivity contribution in [2.24, 2.45) is 0 Å².